The Morgan fingerprint density at radius 2 is 1.07 bits per heavy atom. The zero-order valence-electron chi connectivity index (χ0n) is 24.9. The molecule has 12 heteroatoms. The van der Waals surface area contributed by atoms with Crippen molar-refractivity contribution in [2.45, 2.75) is 39.5 Å². The lowest BCUT2D eigenvalue weighted by molar-refractivity contribution is 0.0910. The molecule has 0 saturated carbocycles. The molecule has 0 heterocycles. The van der Waals surface area contributed by atoms with E-state index in [1.807, 2.05) is 13.8 Å². The molecule has 46 heavy (non-hydrogen) atoms. The highest BCUT2D eigenvalue weighted by Gasteiger charge is 2.18. The summed E-state index contributed by atoms with van der Waals surface area (Å²) < 4.78 is 62.4. The summed E-state index contributed by atoms with van der Waals surface area (Å²) in [7, 11) is 0. The molecule has 0 aliphatic carbocycles. The summed E-state index contributed by atoms with van der Waals surface area (Å²) in [4.78, 5) is 24.2. The first-order valence-electron chi connectivity index (χ1n) is 14.2. The molecule has 0 atom stereocenters. The number of carbonyl (C=O) groups is 2. The molecule has 0 aromatic heterocycles. The maximum atomic E-state index is 13.4. The first kappa shape index (κ1) is 35.2. The summed E-state index contributed by atoms with van der Waals surface area (Å²) in [5, 5.41) is 39.0. The number of carbonyl (C=O) groups excluding carboxylic acids is 2. The fourth-order valence-corrected chi connectivity index (χ4v) is 4.28. The molecule has 0 spiro atoms. The molecule has 0 saturated heterocycles. The highest BCUT2D eigenvalue weighted by Crippen LogP contribution is 2.30. The predicted octanol–water partition coefficient (Wildman–Crippen LogP) is 7.18. The monoisotopic (exact) mass is 644 g/mol. The van der Waals surface area contributed by atoms with Gasteiger partial charge in [0.2, 0.25) is 11.6 Å². The molecule has 4 aromatic rings. The maximum absolute atomic E-state index is 13.4. The summed E-state index contributed by atoms with van der Waals surface area (Å²) in [6.07, 6.45) is 2.59. The number of phenolic OH excluding ortho intramolecular Hbond substituents is 4. The molecule has 0 amide bonds. The Balaban J connectivity index is 0.000000250. The third kappa shape index (κ3) is 9.62. The van der Waals surface area contributed by atoms with Gasteiger partial charge in [0.1, 0.15) is 46.2 Å². The van der Waals surface area contributed by atoms with Crippen LogP contribution >= 0.6 is 0 Å². The van der Waals surface area contributed by atoms with Gasteiger partial charge in [0.15, 0.2) is 24.8 Å². The van der Waals surface area contributed by atoms with Crippen LogP contribution in [0.15, 0.2) is 60.7 Å². The fourth-order valence-electron chi connectivity index (χ4n) is 4.28. The van der Waals surface area contributed by atoms with Crippen LogP contribution in [-0.2, 0) is 12.8 Å². The van der Waals surface area contributed by atoms with E-state index in [2.05, 4.69) is 0 Å². The van der Waals surface area contributed by atoms with Gasteiger partial charge in [0.05, 0.1) is 11.1 Å². The Labute approximate surface area is 262 Å². The van der Waals surface area contributed by atoms with Crippen molar-refractivity contribution in [2.75, 3.05) is 13.2 Å². The summed E-state index contributed by atoms with van der Waals surface area (Å²) in [5.41, 5.74) is 1.03. The Morgan fingerprint density at radius 1 is 0.587 bits per heavy atom. The number of benzene rings is 4. The lowest BCUT2D eigenvalue weighted by Gasteiger charge is -2.10. The van der Waals surface area contributed by atoms with Gasteiger partial charge >= 0.3 is 0 Å². The number of ether oxygens (including phenoxy) is 2. The fraction of sp³-hybridized carbons (Fsp3) is 0.235. The molecule has 244 valence electrons. The van der Waals surface area contributed by atoms with Crippen LogP contribution in [0.4, 0.5) is 17.6 Å². The summed E-state index contributed by atoms with van der Waals surface area (Å²) in [6.45, 7) is 2.81. The molecule has 4 rings (SSSR count). The van der Waals surface area contributed by atoms with E-state index < -0.39 is 48.0 Å². The lowest BCUT2D eigenvalue weighted by atomic mass is 10.0. The van der Waals surface area contributed by atoms with Crippen molar-refractivity contribution >= 4 is 11.6 Å². The quantitative estimate of drug-likeness (QED) is 0.0942. The number of hydrogen-bond donors (Lipinski definition) is 4. The number of aryl methyl sites for hydroxylation is 2. The summed E-state index contributed by atoms with van der Waals surface area (Å²) in [6, 6.07) is 10.3. The van der Waals surface area contributed by atoms with E-state index >= 15 is 0 Å². The van der Waals surface area contributed by atoms with Crippen LogP contribution in [0.5, 0.6) is 34.5 Å². The van der Waals surface area contributed by atoms with Gasteiger partial charge in [-0.1, -0.05) is 26.7 Å². The van der Waals surface area contributed by atoms with E-state index in [0.29, 0.717) is 36.1 Å². The lowest BCUT2D eigenvalue weighted by Crippen LogP contribution is -2.13. The van der Waals surface area contributed by atoms with Crippen LogP contribution in [0, 0.1) is 23.3 Å². The smallest absolute Gasteiger partial charge is 0.203 e. The molecular weight excluding hydrogens is 612 g/mol. The molecule has 4 N–H and O–H groups in total. The van der Waals surface area contributed by atoms with Crippen molar-refractivity contribution < 1.29 is 57.1 Å². The van der Waals surface area contributed by atoms with Gasteiger partial charge in [-0.3, -0.25) is 9.59 Å². The molecule has 0 aliphatic rings. The highest BCUT2D eigenvalue weighted by atomic mass is 19.1. The Kier molecular flexibility index (Phi) is 12.4. The highest BCUT2D eigenvalue weighted by molar-refractivity contribution is 6.00. The average molecular weight is 645 g/mol. The van der Waals surface area contributed by atoms with Gasteiger partial charge in [-0.15, -0.1) is 0 Å². The van der Waals surface area contributed by atoms with Gasteiger partial charge in [0.25, 0.3) is 0 Å². The number of hydrogen-bond acceptors (Lipinski definition) is 8. The van der Waals surface area contributed by atoms with Gasteiger partial charge in [-0.05, 0) is 48.2 Å². The van der Waals surface area contributed by atoms with Crippen molar-refractivity contribution in [3.05, 3.63) is 106 Å². The largest absolute Gasteiger partial charge is 0.508 e. The topological polar surface area (TPSA) is 134 Å². The Hall–Kier alpha value is -5.26. The second-order valence-electron chi connectivity index (χ2n) is 10.1. The Bertz CT molecular complexity index is 1690. The summed E-state index contributed by atoms with van der Waals surface area (Å²) in [5.74, 6) is -5.75. The predicted molar refractivity (Wildman–Crippen MR) is 160 cm³/mol. The van der Waals surface area contributed by atoms with Crippen LogP contribution in [0.2, 0.25) is 0 Å². The third-order valence-electron chi connectivity index (χ3n) is 6.49. The van der Waals surface area contributed by atoms with E-state index in [9.17, 15) is 47.6 Å². The number of ketones is 2. The Morgan fingerprint density at radius 3 is 1.52 bits per heavy atom. The molecule has 0 bridgehead atoms. The normalized spacial score (nSPS) is 10.6. The van der Waals surface area contributed by atoms with E-state index in [1.165, 1.54) is 12.1 Å². The van der Waals surface area contributed by atoms with Crippen LogP contribution in [-0.4, -0.2) is 45.2 Å². The number of rotatable bonds is 12. The van der Waals surface area contributed by atoms with Crippen LogP contribution < -0.4 is 9.47 Å². The number of aromatic hydroxyl groups is 4. The summed E-state index contributed by atoms with van der Waals surface area (Å²) >= 11 is 0. The van der Waals surface area contributed by atoms with Crippen molar-refractivity contribution in [2.24, 2.45) is 0 Å². The van der Waals surface area contributed by atoms with Gasteiger partial charge in [-0.25, -0.2) is 17.6 Å². The van der Waals surface area contributed by atoms with Crippen molar-refractivity contribution in [1.82, 2.24) is 0 Å². The molecule has 0 radical (unpaired) electrons. The minimum Gasteiger partial charge on any atom is -0.508 e. The minimum atomic E-state index is -0.917. The molecule has 0 fully saturated rings. The zero-order chi connectivity index (χ0) is 34.0. The van der Waals surface area contributed by atoms with Crippen molar-refractivity contribution in [3.63, 3.8) is 0 Å². The second-order valence-corrected chi connectivity index (χ2v) is 10.1. The van der Waals surface area contributed by atoms with E-state index in [4.69, 9.17) is 9.47 Å². The van der Waals surface area contributed by atoms with Crippen LogP contribution in [0.1, 0.15) is 58.5 Å². The van der Waals surface area contributed by atoms with E-state index in [0.717, 1.165) is 49.2 Å². The van der Waals surface area contributed by atoms with Crippen molar-refractivity contribution in [1.29, 1.82) is 0 Å². The first-order chi connectivity index (χ1) is 21.8. The maximum Gasteiger partial charge on any atom is 0.203 e. The number of halogens is 4. The van der Waals surface area contributed by atoms with E-state index in [1.54, 1.807) is 0 Å². The molecule has 0 aliphatic heterocycles. The van der Waals surface area contributed by atoms with Gasteiger partial charge in [-0.2, -0.15) is 0 Å². The third-order valence-corrected chi connectivity index (χ3v) is 6.49. The first-order valence-corrected chi connectivity index (χ1v) is 14.2. The zero-order valence-corrected chi connectivity index (χ0v) is 24.9. The van der Waals surface area contributed by atoms with Crippen LogP contribution in [0.3, 0.4) is 0 Å². The van der Waals surface area contributed by atoms with E-state index in [-0.39, 0.29) is 45.6 Å². The molecule has 0 unspecified atom stereocenters. The van der Waals surface area contributed by atoms with Crippen LogP contribution in [0.25, 0.3) is 0 Å². The molecular formula is C34H32F4O8. The number of Topliss-reactive ketones (excluding diaryl/α,β-unsaturated/α-hetero) is 2. The van der Waals surface area contributed by atoms with Crippen molar-refractivity contribution in [3.8, 4) is 34.5 Å². The SMILES string of the molecule is CCCc1cc(C(=O)COc2cc(F)cc(F)c2)c(O)cc1O.CCCc1cc(C(=O)COc2ccc(F)cc2F)c(O)cc1O. The van der Waals surface area contributed by atoms with Gasteiger partial charge in [0, 0.05) is 36.4 Å². The standard InChI is InChI=1S/2C17H16F2O4/c1-2-3-10-4-14(16(21)8-15(10)20)17(22)9-23-13-6-11(18)5-12(19)7-13;1-2-3-10-6-12(15(21)8-14(10)20)16(22)9-23-17-5-4-11(18)7-13(17)19/h2*4-8,20-21H,2-3,9H2,1H3. The molecule has 8 nitrogen and oxygen atoms in total. The molecule has 4 aromatic carbocycles. The number of phenols is 4. The minimum absolute atomic E-state index is 0.0110. The second kappa shape index (κ2) is 16.2. The van der Waals surface area contributed by atoms with Gasteiger partial charge < -0.3 is 29.9 Å². The average Bonchev–Trinajstić information content (AvgIpc) is 2.98.